The fraction of sp³-hybridized carbons (Fsp3) is 0.400. The lowest BCUT2D eigenvalue weighted by atomic mass is 10.2. The summed E-state index contributed by atoms with van der Waals surface area (Å²) in [7, 11) is 0. The molecule has 2 rings (SSSR count). The predicted molar refractivity (Wildman–Crippen MR) is 54.0 cm³/mol. The maximum atomic E-state index is 12.8. The molecule has 1 aromatic heterocycles. The van der Waals surface area contributed by atoms with Crippen LogP contribution in [0.4, 0.5) is 10.2 Å². The molecule has 0 radical (unpaired) electrons. The first-order chi connectivity index (χ1) is 7.66. The van der Waals surface area contributed by atoms with Gasteiger partial charge >= 0.3 is 5.97 Å². The molecule has 86 valence electrons. The smallest absolute Gasteiger partial charge is 0.339 e. The number of aromatic nitrogens is 1. The number of carboxylic acid groups (broad SMARTS) is 1. The van der Waals surface area contributed by atoms with Crippen LogP contribution in [0.15, 0.2) is 12.3 Å². The van der Waals surface area contributed by atoms with Crippen molar-refractivity contribution in [1.29, 1.82) is 0 Å². The Balaban J connectivity index is 2.21. The minimum atomic E-state index is -1.20. The van der Waals surface area contributed by atoms with Gasteiger partial charge in [0.15, 0.2) is 0 Å². The van der Waals surface area contributed by atoms with E-state index >= 15 is 0 Å². The number of nitrogens with zero attached hydrogens (tertiary/aromatic N) is 1. The number of carbonyl (C=O) groups is 1. The molecule has 16 heavy (non-hydrogen) atoms. The molecule has 0 aromatic carbocycles. The second-order valence-electron chi connectivity index (χ2n) is 3.56. The summed E-state index contributed by atoms with van der Waals surface area (Å²) in [5.74, 6) is -1.68. The van der Waals surface area contributed by atoms with Crippen LogP contribution in [0.1, 0.15) is 16.8 Å². The topological polar surface area (TPSA) is 71.5 Å². The van der Waals surface area contributed by atoms with Crippen LogP contribution >= 0.6 is 0 Å². The molecule has 2 heterocycles. The Morgan fingerprint density at radius 2 is 2.50 bits per heavy atom. The number of rotatable bonds is 3. The summed E-state index contributed by atoms with van der Waals surface area (Å²) in [6.45, 7) is 1.15. The van der Waals surface area contributed by atoms with Crippen molar-refractivity contribution >= 4 is 11.8 Å². The zero-order valence-electron chi connectivity index (χ0n) is 8.44. The van der Waals surface area contributed by atoms with Crippen LogP contribution in [0.3, 0.4) is 0 Å². The molecule has 0 aliphatic carbocycles. The number of pyridine rings is 1. The van der Waals surface area contributed by atoms with E-state index < -0.39 is 11.8 Å². The summed E-state index contributed by atoms with van der Waals surface area (Å²) in [6.07, 6.45) is 1.78. The van der Waals surface area contributed by atoms with Gasteiger partial charge < -0.3 is 15.2 Å². The molecule has 2 N–H and O–H groups in total. The van der Waals surface area contributed by atoms with Gasteiger partial charge in [0.1, 0.15) is 17.2 Å². The van der Waals surface area contributed by atoms with E-state index in [1.807, 2.05) is 0 Å². The van der Waals surface area contributed by atoms with Crippen molar-refractivity contribution in [3.05, 3.63) is 23.6 Å². The normalized spacial score (nSPS) is 19.7. The minimum absolute atomic E-state index is 0.0380. The molecular formula is C10H11FN2O3. The number of nitrogens with one attached hydrogen (secondary N) is 1. The molecule has 0 amide bonds. The highest BCUT2D eigenvalue weighted by molar-refractivity contribution is 5.93. The van der Waals surface area contributed by atoms with E-state index in [9.17, 15) is 9.18 Å². The zero-order chi connectivity index (χ0) is 11.5. The summed E-state index contributed by atoms with van der Waals surface area (Å²) >= 11 is 0. The van der Waals surface area contributed by atoms with Crippen LogP contribution in [0.5, 0.6) is 0 Å². The van der Waals surface area contributed by atoms with Gasteiger partial charge in [-0.25, -0.2) is 14.2 Å². The Labute approximate surface area is 91.3 Å². The Morgan fingerprint density at radius 1 is 1.69 bits per heavy atom. The van der Waals surface area contributed by atoms with Crippen molar-refractivity contribution in [3.8, 4) is 0 Å². The van der Waals surface area contributed by atoms with Crippen molar-refractivity contribution in [2.45, 2.75) is 12.5 Å². The van der Waals surface area contributed by atoms with Crippen LogP contribution in [0.2, 0.25) is 0 Å². The molecule has 1 aromatic rings. The first-order valence-electron chi connectivity index (χ1n) is 4.90. The van der Waals surface area contributed by atoms with E-state index in [4.69, 9.17) is 9.84 Å². The number of halogens is 1. The Morgan fingerprint density at radius 3 is 3.12 bits per heavy atom. The third-order valence-electron chi connectivity index (χ3n) is 2.36. The van der Waals surface area contributed by atoms with Gasteiger partial charge in [-0.3, -0.25) is 0 Å². The fourth-order valence-electron chi connectivity index (χ4n) is 1.56. The van der Waals surface area contributed by atoms with Crippen molar-refractivity contribution < 1.29 is 19.0 Å². The molecule has 0 spiro atoms. The molecule has 0 bridgehead atoms. The standard InChI is InChI=1S/C10H11FN2O3/c11-6-3-8(10(14)15)9(12-4-6)13-7-1-2-16-5-7/h3-4,7H,1-2,5H2,(H,12,13)(H,14,15). The molecule has 1 aliphatic rings. The monoisotopic (exact) mass is 226 g/mol. The second-order valence-corrected chi connectivity index (χ2v) is 3.56. The van der Waals surface area contributed by atoms with Crippen molar-refractivity contribution in [2.75, 3.05) is 18.5 Å². The zero-order valence-corrected chi connectivity index (χ0v) is 8.44. The van der Waals surface area contributed by atoms with Gasteiger partial charge in [-0.15, -0.1) is 0 Å². The summed E-state index contributed by atoms with van der Waals surface area (Å²) in [6, 6.07) is 0.990. The van der Waals surface area contributed by atoms with E-state index in [2.05, 4.69) is 10.3 Å². The molecule has 1 saturated heterocycles. The van der Waals surface area contributed by atoms with Gasteiger partial charge in [0.25, 0.3) is 0 Å². The lowest BCUT2D eigenvalue weighted by Gasteiger charge is -2.12. The minimum Gasteiger partial charge on any atom is -0.478 e. The third-order valence-corrected chi connectivity index (χ3v) is 2.36. The number of aromatic carboxylic acids is 1. The maximum Gasteiger partial charge on any atom is 0.339 e. The van der Waals surface area contributed by atoms with Crippen LogP contribution in [-0.4, -0.2) is 35.3 Å². The summed E-state index contributed by atoms with van der Waals surface area (Å²) in [5.41, 5.74) is -0.160. The van der Waals surface area contributed by atoms with Gasteiger partial charge in [0.2, 0.25) is 0 Å². The highest BCUT2D eigenvalue weighted by atomic mass is 19.1. The van der Waals surface area contributed by atoms with Crippen LogP contribution in [-0.2, 0) is 4.74 Å². The van der Waals surface area contributed by atoms with Gasteiger partial charge in [-0.2, -0.15) is 0 Å². The number of anilines is 1. The van der Waals surface area contributed by atoms with E-state index in [1.54, 1.807) is 0 Å². The van der Waals surface area contributed by atoms with Gasteiger partial charge in [-0.05, 0) is 12.5 Å². The number of ether oxygens (including phenoxy) is 1. The maximum absolute atomic E-state index is 12.8. The molecular weight excluding hydrogens is 215 g/mol. The lowest BCUT2D eigenvalue weighted by molar-refractivity contribution is 0.0697. The molecule has 5 nitrogen and oxygen atoms in total. The molecule has 1 unspecified atom stereocenters. The van der Waals surface area contributed by atoms with E-state index in [-0.39, 0.29) is 17.4 Å². The first-order valence-corrected chi connectivity index (χ1v) is 4.90. The summed E-state index contributed by atoms with van der Waals surface area (Å²) in [5, 5.41) is 11.8. The molecule has 1 atom stereocenters. The van der Waals surface area contributed by atoms with Gasteiger partial charge in [0.05, 0.1) is 18.8 Å². The predicted octanol–water partition coefficient (Wildman–Crippen LogP) is 1.12. The Bertz CT molecular complexity index is 405. The van der Waals surface area contributed by atoms with E-state index in [1.165, 1.54) is 0 Å². The molecule has 0 saturated carbocycles. The Kier molecular flexibility index (Phi) is 3.00. The van der Waals surface area contributed by atoms with Crippen LogP contribution in [0.25, 0.3) is 0 Å². The quantitative estimate of drug-likeness (QED) is 0.808. The van der Waals surface area contributed by atoms with Crippen LogP contribution < -0.4 is 5.32 Å². The second kappa shape index (κ2) is 4.44. The van der Waals surface area contributed by atoms with Crippen molar-refractivity contribution in [1.82, 2.24) is 4.98 Å². The van der Waals surface area contributed by atoms with E-state index in [0.717, 1.165) is 18.7 Å². The van der Waals surface area contributed by atoms with Crippen molar-refractivity contribution in [3.63, 3.8) is 0 Å². The highest BCUT2D eigenvalue weighted by Crippen LogP contribution is 2.17. The Hall–Kier alpha value is -1.69. The average Bonchev–Trinajstić information content (AvgIpc) is 2.73. The lowest BCUT2D eigenvalue weighted by Crippen LogP contribution is -2.21. The summed E-state index contributed by atoms with van der Waals surface area (Å²) in [4.78, 5) is 14.6. The fourth-order valence-corrected chi connectivity index (χ4v) is 1.56. The number of hydrogen-bond donors (Lipinski definition) is 2. The van der Waals surface area contributed by atoms with Gasteiger partial charge in [0, 0.05) is 6.61 Å². The first kappa shape index (κ1) is 10.8. The SMILES string of the molecule is O=C(O)c1cc(F)cnc1NC1CCOC1. The van der Waals surface area contributed by atoms with Crippen LogP contribution in [0, 0.1) is 5.82 Å². The summed E-state index contributed by atoms with van der Waals surface area (Å²) < 4.78 is 18.0. The number of hydrogen-bond acceptors (Lipinski definition) is 4. The molecule has 6 heteroatoms. The average molecular weight is 226 g/mol. The third kappa shape index (κ3) is 2.27. The van der Waals surface area contributed by atoms with E-state index in [0.29, 0.717) is 13.2 Å². The van der Waals surface area contributed by atoms with Gasteiger partial charge in [-0.1, -0.05) is 0 Å². The number of carboxylic acids is 1. The highest BCUT2D eigenvalue weighted by Gasteiger charge is 2.19. The van der Waals surface area contributed by atoms with Crippen molar-refractivity contribution in [2.24, 2.45) is 0 Å². The molecule has 1 fully saturated rings. The largest absolute Gasteiger partial charge is 0.478 e. The molecule has 1 aliphatic heterocycles.